The molecule has 1 N–H and O–H groups in total. The van der Waals surface area contributed by atoms with Crippen molar-refractivity contribution in [1.29, 1.82) is 0 Å². The first-order valence-corrected chi connectivity index (χ1v) is 12.8. The van der Waals surface area contributed by atoms with Crippen LogP contribution in [0.4, 0.5) is 5.69 Å². The van der Waals surface area contributed by atoms with Crippen LogP contribution in [0.15, 0.2) is 28.7 Å². The third-order valence-corrected chi connectivity index (χ3v) is 8.83. The number of rotatable bonds is 4. The van der Waals surface area contributed by atoms with E-state index in [-0.39, 0.29) is 18.6 Å². The van der Waals surface area contributed by atoms with Crippen LogP contribution in [0.3, 0.4) is 0 Å². The predicted molar refractivity (Wildman–Crippen MR) is 130 cm³/mol. The van der Waals surface area contributed by atoms with Gasteiger partial charge in [-0.25, -0.2) is 0 Å². The number of benzene rings is 1. The SMILES string of the molecule is COC(=O)[C@@H]1C[C@H](OC(C)=O)C(=O)[C@H]2[C@@]1(C)CC[C@H]1C(=O)O[C@H](C(=O)Nc3ccc(Br)cc3)C[C@]21C. The Kier molecular flexibility index (Phi) is 7.02. The molecule has 0 unspecified atom stereocenters. The van der Waals surface area contributed by atoms with Crippen LogP contribution >= 0.6 is 15.9 Å². The van der Waals surface area contributed by atoms with Gasteiger partial charge in [-0.05, 0) is 47.9 Å². The lowest BCUT2D eigenvalue weighted by atomic mass is 9.43. The number of fused-ring (bicyclic) bond motifs is 3. The number of carbonyl (C=O) groups is 5. The van der Waals surface area contributed by atoms with E-state index in [9.17, 15) is 24.0 Å². The molecule has 1 heterocycles. The third-order valence-electron chi connectivity index (χ3n) is 8.30. The van der Waals surface area contributed by atoms with Gasteiger partial charge in [0.2, 0.25) is 0 Å². The second kappa shape index (κ2) is 9.61. The summed E-state index contributed by atoms with van der Waals surface area (Å²) in [5, 5.41) is 2.77. The number of hydrogen-bond donors (Lipinski definition) is 1. The summed E-state index contributed by atoms with van der Waals surface area (Å²) in [6.07, 6.45) is -1.31. The fourth-order valence-corrected chi connectivity index (χ4v) is 6.99. The first kappa shape index (κ1) is 26.3. The Morgan fingerprint density at radius 3 is 2.39 bits per heavy atom. The predicted octanol–water partition coefficient (Wildman–Crippen LogP) is 3.44. The Morgan fingerprint density at radius 1 is 1.11 bits per heavy atom. The van der Waals surface area contributed by atoms with Crippen molar-refractivity contribution in [2.75, 3.05) is 12.4 Å². The lowest BCUT2D eigenvalue weighted by molar-refractivity contribution is -0.209. The minimum absolute atomic E-state index is 0.0246. The van der Waals surface area contributed by atoms with E-state index in [1.165, 1.54) is 14.0 Å². The molecule has 194 valence electrons. The van der Waals surface area contributed by atoms with Gasteiger partial charge in [-0.2, -0.15) is 0 Å². The molecule has 10 heteroatoms. The number of hydrogen-bond acceptors (Lipinski definition) is 8. The number of carbonyl (C=O) groups excluding carboxylic acids is 5. The fraction of sp³-hybridized carbons (Fsp3) is 0.577. The molecule has 4 rings (SSSR count). The van der Waals surface area contributed by atoms with Crippen molar-refractivity contribution >= 4 is 51.2 Å². The van der Waals surface area contributed by atoms with E-state index in [0.717, 1.165) is 4.47 Å². The van der Waals surface area contributed by atoms with Crippen LogP contribution in [0.25, 0.3) is 0 Å². The summed E-state index contributed by atoms with van der Waals surface area (Å²) in [6.45, 7) is 4.88. The van der Waals surface area contributed by atoms with Gasteiger partial charge in [-0.3, -0.25) is 24.0 Å². The van der Waals surface area contributed by atoms with Gasteiger partial charge in [0.1, 0.15) is 0 Å². The Balaban J connectivity index is 1.70. The molecule has 1 amide bonds. The Morgan fingerprint density at radius 2 is 1.78 bits per heavy atom. The van der Waals surface area contributed by atoms with Gasteiger partial charge < -0.3 is 19.5 Å². The first-order chi connectivity index (χ1) is 16.9. The van der Waals surface area contributed by atoms with E-state index < -0.39 is 64.6 Å². The van der Waals surface area contributed by atoms with Gasteiger partial charge in [0.05, 0.1) is 18.9 Å². The van der Waals surface area contributed by atoms with Crippen LogP contribution in [0.1, 0.15) is 46.5 Å². The van der Waals surface area contributed by atoms with Crippen LogP contribution in [-0.2, 0) is 38.2 Å². The zero-order valence-electron chi connectivity index (χ0n) is 20.7. The van der Waals surface area contributed by atoms with Crippen molar-refractivity contribution < 1.29 is 38.2 Å². The number of amides is 1. The second-order valence-electron chi connectivity index (χ2n) is 10.5. The molecule has 2 saturated carbocycles. The summed E-state index contributed by atoms with van der Waals surface area (Å²) in [7, 11) is 1.28. The number of esters is 3. The molecule has 1 saturated heterocycles. The smallest absolute Gasteiger partial charge is 0.310 e. The van der Waals surface area contributed by atoms with Gasteiger partial charge >= 0.3 is 17.9 Å². The Bertz CT molecular complexity index is 1100. The molecular weight excluding hydrogens is 534 g/mol. The zero-order chi connectivity index (χ0) is 26.4. The van der Waals surface area contributed by atoms with Crippen molar-refractivity contribution in [3.8, 4) is 0 Å². The molecule has 3 aliphatic rings. The van der Waals surface area contributed by atoms with Crippen molar-refractivity contribution in [3.63, 3.8) is 0 Å². The lowest BCUT2D eigenvalue weighted by Gasteiger charge is -2.60. The van der Waals surface area contributed by atoms with E-state index in [4.69, 9.17) is 14.2 Å². The normalized spacial score (nSPS) is 35.5. The minimum atomic E-state index is -1.13. The van der Waals surface area contributed by atoms with Gasteiger partial charge in [-0.15, -0.1) is 0 Å². The number of Topliss-reactive ketones (excluding diaryl/α,β-unsaturated/α-hetero) is 1. The fourth-order valence-electron chi connectivity index (χ4n) is 6.72. The molecule has 1 aromatic rings. The lowest BCUT2D eigenvalue weighted by Crippen LogP contribution is -2.66. The van der Waals surface area contributed by atoms with E-state index in [1.807, 2.05) is 13.8 Å². The maximum atomic E-state index is 13.8. The van der Waals surface area contributed by atoms with Crippen LogP contribution in [0.5, 0.6) is 0 Å². The largest absolute Gasteiger partial charge is 0.469 e. The summed E-state index contributed by atoms with van der Waals surface area (Å²) in [6, 6.07) is 6.97. The standard InChI is InChI=1S/C26H30BrNO8/c1-13(29)35-18-11-17(23(32)34-4)25(2)10-9-16-24(33)36-19(12-26(16,3)21(25)20(18)30)22(31)28-15-7-5-14(27)6-8-15/h5-8,16-19,21H,9-12H2,1-4H3,(H,28,31)/t16-,17-,18-,19-,21-,25-,26-/m0/s1. The van der Waals surface area contributed by atoms with Gasteiger partial charge in [0.25, 0.3) is 5.91 Å². The molecule has 1 aromatic carbocycles. The number of anilines is 1. The maximum Gasteiger partial charge on any atom is 0.310 e. The molecule has 0 bridgehead atoms. The molecule has 0 spiro atoms. The number of ether oxygens (including phenoxy) is 3. The van der Waals surface area contributed by atoms with Crippen LogP contribution in [0.2, 0.25) is 0 Å². The van der Waals surface area contributed by atoms with Crippen LogP contribution < -0.4 is 5.32 Å². The number of ketones is 1. The Labute approximate surface area is 217 Å². The quantitative estimate of drug-likeness (QED) is 0.436. The third kappa shape index (κ3) is 4.44. The highest BCUT2D eigenvalue weighted by Gasteiger charge is 2.68. The molecule has 1 aliphatic heterocycles. The molecule has 3 fully saturated rings. The van der Waals surface area contributed by atoms with E-state index >= 15 is 0 Å². The summed E-state index contributed by atoms with van der Waals surface area (Å²) >= 11 is 3.35. The molecule has 0 aromatic heterocycles. The molecule has 2 aliphatic carbocycles. The van der Waals surface area contributed by atoms with Crippen molar-refractivity contribution in [2.24, 2.45) is 28.6 Å². The molecular formula is C26H30BrNO8. The second-order valence-corrected chi connectivity index (χ2v) is 11.4. The summed E-state index contributed by atoms with van der Waals surface area (Å²) < 4.78 is 16.8. The van der Waals surface area contributed by atoms with Crippen molar-refractivity contribution in [1.82, 2.24) is 0 Å². The van der Waals surface area contributed by atoms with Crippen molar-refractivity contribution in [2.45, 2.75) is 58.7 Å². The summed E-state index contributed by atoms with van der Waals surface area (Å²) in [4.78, 5) is 64.8. The number of cyclic esters (lactones) is 1. The summed E-state index contributed by atoms with van der Waals surface area (Å²) in [5.74, 6) is -4.65. The van der Waals surface area contributed by atoms with E-state index in [1.54, 1.807) is 24.3 Å². The molecule has 0 radical (unpaired) electrons. The van der Waals surface area contributed by atoms with Gasteiger partial charge in [0, 0.05) is 35.8 Å². The highest BCUT2D eigenvalue weighted by Crippen LogP contribution is 2.64. The molecule has 36 heavy (non-hydrogen) atoms. The molecule has 9 nitrogen and oxygen atoms in total. The first-order valence-electron chi connectivity index (χ1n) is 12.0. The zero-order valence-corrected chi connectivity index (χ0v) is 22.3. The topological polar surface area (TPSA) is 125 Å². The van der Waals surface area contributed by atoms with Gasteiger partial charge in [0.15, 0.2) is 18.0 Å². The monoisotopic (exact) mass is 563 g/mol. The minimum Gasteiger partial charge on any atom is -0.469 e. The van der Waals surface area contributed by atoms with Crippen LogP contribution in [-0.4, -0.2) is 48.9 Å². The highest BCUT2D eigenvalue weighted by molar-refractivity contribution is 9.10. The number of methoxy groups -OCH3 is 1. The average molecular weight is 564 g/mol. The average Bonchev–Trinajstić information content (AvgIpc) is 2.80. The van der Waals surface area contributed by atoms with E-state index in [2.05, 4.69) is 21.2 Å². The number of nitrogens with one attached hydrogen (secondary N) is 1. The maximum absolute atomic E-state index is 13.8. The van der Waals surface area contributed by atoms with Gasteiger partial charge in [-0.1, -0.05) is 29.8 Å². The van der Waals surface area contributed by atoms with Crippen LogP contribution in [0, 0.1) is 28.6 Å². The van der Waals surface area contributed by atoms with E-state index in [0.29, 0.717) is 18.5 Å². The van der Waals surface area contributed by atoms with Crippen molar-refractivity contribution in [3.05, 3.63) is 28.7 Å². The highest BCUT2D eigenvalue weighted by atomic mass is 79.9. The molecule has 7 atom stereocenters. The summed E-state index contributed by atoms with van der Waals surface area (Å²) in [5.41, 5.74) is -1.29. The Hall–Kier alpha value is -2.75. The number of halogens is 1.